The summed E-state index contributed by atoms with van der Waals surface area (Å²) in [4.78, 5) is 0. The molecule has 0 aliphatic heterocycles. The van der Waals surface area contributed by atoms with Crippen molar-refractivity contribution in [2.75, 3.05) is 0 Å². The van der Waals surface area contributed by atoms with E-state index in [1.807, 2.05) is 0 Å². The third-order valence-corrected chi connectivity index (χ3v) is 23.6. The normalized spacial score (nSPS) is 41.2. The molecule has 0 aromatic heterocycles. The fourth-order valence-corrected chi connectivity index (χ4v) is 16.2. The first kappa shape index (κ1) is 41.4. The van der Waals surface area contributed by atoms with E-state index in [4.69, 9.17) is 0 Å². The molecule has 0 heteroatoms. The van der Waals surface area contributed by atoms with Crippen LogP contribution in [-0.4, -0.2) is 0 Å². The third-order valence-electron chi connectivity index (χ3n) is 23.6. The van der Waals surface area contributed by atoms with E-state index in [2.05, 4.69) is 180 Å². The van der Waals surface area contributed by atoms with Gasteiger partial charge in [-0.15, -0.1) is 0 Å². The maximum Gasteiger partial charge on any atom is -0.0139 e. The lowest BCUT2D eigenvalue weighted by Crippen LogP contribution is -3.01. The van der Waals surface area contributed by atoms with Gasteiger partial charge in [-0.1, -0.05) is 193 Å². The van der Waals surface area contributed by atoms with Gasteiger partial charge in [0.1, 0.15) is 0 Å². The van der Waals surface area contributed by atoms with Crippen LogP contribution in [0.4, 0.5) is 0 Å². The number of hydrogen-bond donors (Lipinski definition) is 0. The molecule has 3 aliphatic rings. The van der Waals surface area contributed by atoms with Crippen LogP contribution in [0.15, 0.2) is 0 Å². The van der Waals surface area contributed by atoms with Crippen LogP contribution in [0.5, 0.6) is 0 Å². The van der Waals surface area contributed by atoms with Crippen LogP contribution in [0.25, 0.3) is 0 Å². The Bertz CT molecular complexity index is 1180. The molecule has 278 valence electrons. The Labute approximate surface area is 299 Å². The molecule has 0 N–H and O–H groups in total. The van der Waals surface area contributed by atoms with Gasteiger partial charge >= 0.3 is 0 Å². The topological polar surface area (TPSA) is 0 Å². The van der Waals surface area contributed by atoms with Crippen molar-refractivity contribution in [1.29, 1.82) is 0 Å². The smallest absolute Gasteiger partial charge is 0.0139 e. The summed E-state index contributed by atoms with van der Waals surface area (Å²) < 4.78 is 0. The summed E-state index contributed by atoms with van der Waals surface area (Å²) in [5, 5.41) is 0. The average Bonchev–Trinajstić information content (AvgIpc) is 2.99. The summed E-state index contributed by atoms with van der Waals surface area (Å²) in [7, 11) is 0. The second-order valence-corrected chi connectivity index (χ2v) is 23.1. The molecule has 0 radical (unpaired) electrons. The van der Waals surface area contributed by atoms with Crippen molar-refractivity contribution in [3.8, 4) is 0 Å². The lowest BCUT2D eigenvalue weighted by Gasteiger charge is -3.05. The van der Waals surface area contributed by atoms with Gasteiger partial charge in [-0.05, 0) is 107 Å². The van der Waals surface area contributed by atoms with Gasteiger partial charge in [0, 0.05) is 0 Å². The van der Waals surface area contributed by atoms with E-state index >= 15 is 0 Å². The Kier molecular flexibility index (Phi) is 9.70. The Morgan fingerprint density at radius 2 is 0.957 bits per heavy atom. The Morgan fingerprint density at radius 3 is 1.36 bits per heavy atom. The van der Waals surface area contributed by atoms with Crippen molar-refractivity contribution >= 4 is 0 Å². The Balaban J connectivity index is 2.33. The van der Waals surface area contributed by atoms with E-state index in [0.717, 1.165) is 17.8 Å². The molecule has 0 nitrogen and oxygen atoms in total. The van der Waals surface area contributed by atoms with Gasteiger partial charge in [0.25, 0.3) is 0 Å². The molecule has 0 saturated heterocycles. The summed E-state index contributed by atoms with van der Waals surface area (Å²) in [6.07, 6.45) is 2.53. The monoisotopic (exact) mass is 655 g/mol. The molecule has 3 rings (SSSR count). The zero-order valence-electron chi connectivity index (χ0n) is 37.5. The fourth-order valence-electron chi connectivity index (χ4n) is 16.2. The molecule has 13 atom stereocenters. The van der Waals surface area contributed by atoms with Crippen molar-refractivity contribution in [1.82, 2.24) is 0 Å². The number of rotatable bonds is 13. The number of fused-ring (bicyclic) bond motifs is 4. The summed E-state index contributed by atoms with van der Waals surface area (Å²) in [5.41, 5.74) is 2.31. The van der Waals surface area contributed by atoms with Gasteiger partial charge in [-0.3, -0.25) is 0 Å². The lowest BCUT2D eigenvalue weighted by atomic mass is 8.98. The minimum atomic E-state index is 0.0728. The van der Waals surface area contributed by atoms with E-state index in [-0.39, 0.29) is 37.9 Å². The molecule has 0 aromatic rings. The van der Waals surface area contributed by atoms with Gasteiger partial charge in [-0.25, -0.2) is 0 Å². The van der Waals surface area contributed by atoms with Gasteiger partial charge in [0.2, 0.25) is 0 Å². The van der Waals surface area contributed by atoms with Crippen LogP contribution in [0.1, 0.15) is 193 Å². The summed E-state index contributed by atoms with van der Waals surface area (Å²) in [5.74, 6) is 5.62. The first-order valence-electron chi connectivity index (χ1n) is 20.6. The second-order valence-electron chi connectivity index (χ2n) is 23.1. The summed E-state index contributed by atoms with van der Waals surface area (Å²) in [6.45, 7) is 68.9. The van der Waals surface area contributed by atoms with Gasteiger partial charge in [-0.2, -0.15) is 0 Å². The van der Waals surface area contributed by atoms with Crippen LogP contribution in [0.3, 0.4) is 0 Å². The maximum absolute atomic E-state index is 2.84. The lowest BCUT2D eigenvalue weighted by molar-refractivity contribution is -0.587. The van der Waals surface area contributed by atoms with Crippen LogP contribution in [0, 0.1) is 107 Å². The van der Waals surface area contributed by atoms with Crippen molar-refractivity contribution in [3.05, 3.63) is 0 Å². The third kappa shape index (κ3) is 3.80. The minimum absolute atomic E-state index is 0.0728. The van der Waals surface area contributed by atoms with Crippen LogP contribution in [-0.2, 0) is 0 Å². The predicted molar refractivity (Wildman–Crippen MR) is 211 cm³/mol. The molecule has 0 bridgehead atoms. The Hall–Kier alpha value is 0. The molecular formula is C47H90. The standard InChI is InChI=1S/C47H90/c1-27-29(3)31(5)32(6)33(7)36-44(23,47(26)43(22)35(9)38(12,13)46(43,25)45(36,47)24)42(20,21)41(18,19)40(16,17)39(14,15)37(10,11)34(8)30(4)28-2/h29-36H,27-28H2,1-26H3. The molecule has 47 heavy (non-hydrogen) atoms. The highest BCUT2D eigenvalue weighted by Crippen LogP contribution is 3.06. The van der Waals surface area contributed by atoms with Gasteiger partial charge in [0.05, 0.1) is 0 Å². The first-order valence-corrected chi connectivity index (χ1v) is 20.6. The highest BCUT2D eigenvalue weighted by molar-refractivity contribution is 5.48. The highest BCUT2D eigenvalue weighted by atomic mass is 15.1. The molecule has 3 fully saturated rings. The van der Waals surface area contributed by atoms with E-state index in [9.17, 15) is 0 Å². The molecule has 13 unspecified atom stereocenters. The minimum Gasteiger partial charge on any atom is -0.0651 e. The fraction of sp³-hybridized carbons (Fsp3) is 1.00. The number of hydrogen-bond acceptors (Lipinski definition) is 0. The van der Waals surface area contributed by atoms with Crippen LogP contribution < -0.4 is 0 Å². The molecule has 3 aliphatic carbocycles. The zero-order valence-corrected chi connectivity index (χ0v) is 37.5. The molecular weight excluding hydrogens is 565 g/mol. The predicted octanol–water partition coefficient (Wildman–Crippen LogP) is 15.1. The molecule has 3 saturated carbocycles. The van der Waals surface area contributed by atoms with E-state index in [1.54, 1.807) is 0 Å². The Morgan fingerprint density at radius 1 is 0.532 bits per heavy atom. The molecule has 0 amide bonds. The average molecular weight is 655 g/mol. The van der Waals surface area contributed by atoms with Crippen molar-refractivity contribution < 1.29 is 0 Å². The highest BCUT2D eigenvalue weighted by Gasteiger charge is 3.02. The quantitative estimate of drug-likeness (QED) is 0.185. The largest absolute Gasteiger partial charge is 0.0651 e. The van der Waals surface area contributed by atoms with Crippen molar-refractivity contribution in [2.45, 2.75) is 193 Å². The zero-order chi connectivity index (χ0) is 37.5. The molecule has 0 heterocycles. The molecule has 0 aromatic carbocycles. The van der Waals surface area contributed by atoms with Crippen molar-refractivity contribution in [2.24, 2.45) is 107 Å². The summed E-state index contributed by atoms with van der Waals surface area (Å²) in [6, 6.07) is 0. The second kappa shape index (κ2) is 11.0. The first-order chi connectivity index (χ1) is 20.6. The van der Waals surface area contributed by atoms with Gasteiger partial charge in [0.15, 0.2) is 0 Å². The SMILES string of the molecule is CCC(C)C(C)C(C)C(C)C1C(C)(C(C)(C)C(C)(C)C(C)(C)C(C)(C)C(C)(C)C(C)C(C)CC)C2(C)C3(C)C(C)C(C)(C)C3(C)C12C. The van der Waals surface area contributed by atoms with E-state index < -0.39 is 0 Å². The molecule has 0 spiro atoms. The van der Waals surface area contributed by atoms with Crippen LogP contribution in [0.2, 0.25) is 0 Å². The van der Waals surface area contributed by atoms with Gasteiger partial charge < -0.3 is 0 Å². The van der Waals surface area contributed by atoms with Crippen molar-refractivity contribution in [3.63, 3.8) is 0 Å². The summed E-state index contributed by atoms with van der Waals surface area (Å²) >= 11 is 0. The van der Waals surface area contributed by atoms with E-state index in [1.165, 1.54) is 12.8 Å². The van der Waals surface area contributed by atoms with E-state index in [0.29, 0.717) is 51.2 Å². The maximum atomic E-state index is 2.84. The van der Waals surface area contributed by atoms with Crippen LogP contribution >= 0.6 is 0 Å².